The average molecular weight is 266 g/mol. The van der Waals surface area contributed by atoms with Crippen LogP contribution in [0, 0.1) is 17.0 Å². The summed E-state index contributed by atoms with van der Waals surface area (Å²) in [5.74, 6) is -0.283. The Morgan fingerprint density at radius 3 is 2.79 bits per heavy atom. The minimum Gasteiger partial charge on any atom is -0.469 e. The Hall–Kier alpha value is -1.95. The molecule has 0 aromatic heterocycles. The fourth-order valence-electron chi connectivity index (χ4n) is 1.70. The number of benzene rings is 1. The van der Waals surface area contributed by atoms with Crippen LogP contribution in [0.1, 0.15) is 30.5 Å². The number of esters is 1. The maximum atomic E-state index is 11.0. The predicted octanol–water partition coefficient (Wildman–Crippen LogP) is 2.12. The highest BCUT2D eigenvalue weighted by atomic mass is 16.6. The Kier molecular flexibility index (Phi) is 5.44. The van der Waals surface area contributed by atoms with Crippen LogP contribution in [0.25, 0.3) is 0 Å². The summed E-state index contributed by atoms with van der Waals surface area (Å²) in [7, 11) is 1.34. The largest absolute Gasteiger partial charge is 0.469 e. The lowest BCUT2D eigenvalue weighted by Gasteiger charge is -2.14. The summed E-state index contributed by atoms with van der Waals surface area (Å²) in [5.41, 5.74) is 1.57. The van der Waals surface area contributed by atoms with Crippen LogP contribution in [0.5, 0.6) is 0 Å². The van der Waals surface area contributed by atoms with E-state index in [2.05, 4.69) is 10.1 Å². The molecule has 1 atom stereocenters. The minimum absolute atomic E-state index is 0.0658. The van der Waals surface area contributed by atoms with E-state index >= 15 is 0 Å². The number of hydrogen-bond donors (Lipinski definition) is 1. The highest BCUT2D eigenvalue weighted by molar-refractivity contribution is 5.69. The molecule has 0 heterocycles. The number of ether oxygens (including phenoxy) is 1. The lowest BCUT2D eigenvalue weighted by molar-refractivity contribution is -0.385. The summed E-state index contributed by atoms with van der Waals surface area (Å²) in [6.45, 7) is 4.07. The molecular weight excluding hydrogens is 248 g/mol. The first-order chi connectivity index (χ1) is 8.95. The van der Waals surface area contributed by atoms with E-state index in [1.807, 2.05) is 13.0 Å². The topological polar surface area (TPSA) is 81.5 Å². The number of nitrogens with one attached hydrogen (secondary N) is 1. The van der Waals surface area contributed by atoms with Crippen molar-refractivity contribution in [1.29, 1.82) is 0 Å². The molecular formula is C13H18N2O4. The lowest BCUT2D eigenvalue weighted by Crippen LogP contribution is -2.22. The van der Waals surface area contributed by atoms with Crippen molar-refractivity contribution in [2.24, 2.45) is 0 Å². The number of nitro benzene ring substituents is 1. The first-order valence-corrected chi connectivity index (χ1v) is 6.01. The van der Waals surface area contributed by atoms with Crippen molar-refractivity contribution >= 4 is 11.7 Å². The Labute approximate surface area is 111 Å². The minimum atomic E-state index is -0.389. The Balaban J connectivity index is 2.67. The summed E-state index contributed by atoms with van der Waals surface area (Å²) < 4.78 is 4.54. The molecule has 0 bridgehead atoms. The highest BCUT2D eigenvalue weighted by Gasteiger charge is 2.14. The average Bonchev–Trinajstić information content (AvgIpc) is 2.38. The van der Waals surface area contributed by atoms with Crippen LogP contribution in [-0.4, -0.2) is 24.5 Å². The van der Waals surface area contributed by atoms with Gasteiger partial charge in [0.1, 0.15) is 0 Å². The van der Waals surface area contributed by atoms with Gasteiger partial charge in [-0.1, -0.05) is 12.1 Å². The third-order valence-corrected chi connectivity index (χ3v) is 2.94. The van der Waals surface area contributed by atoms with E-state index in [1.54, 1.807) is 19.1 Å². The first kappa shape index (κ1) is 15.1. The second-order valence-corrected chi connectivity index (χ2v) is 4.30. The lowest BCUT2D eigenvalue weighted by atomic mass is 10.0. The van der Waals surface area contributed by atoms with Crippen LogP contribution >= 0.6 is 0 Å². The van der Waals surface area contributed by atoms with Gasteiger partial charge in [-0.3, -0.25) is 14.9 Å². The SMILES string of the molecule is COC(=O)CCNC(C)c1ccc(C)c([N+](=O)[O-])c1. The molecule has 1 N–H and O–H groups in total. The molecule has 0 aliphatic heterocycles. The van der Waals surface area contributed by atoms with Gasteiger partial charge >= 0.3 is 5.97 Å². The fourth-order valence-corrected chi connectivity index (χ4v) is 1.70. The second-order valence-electron chi connectivity index (χ2n) is 4.30. The van der Waals surface area contributed by atoms with Crippen molar-refractivity contribution in [2.45, 2.75) is 26.3 Å². The molecule has 1 aromatic rings. The van der Waals surface area contributed by atoms with Crippen molar-refractivity contribution in [3.63, 3.8) is 0 Å². The zero-order chi connectivity index (χ0) is 14.4. The molecule has 1 aromatic carbocycles. The van der Waals surface area contributed by atoms with Gasteiger partial charge in [-0.2, -0.15) is 0 Å². The third-order valence-electron chi connectivity index (χ3n) is 2.94. The molecule has 0 aliphatic carbocycles. The van der Waals surface area contributed by atoms with Crippen molar-refractivity contribution in [2.75, 3.05) is 13.7 Å². The molecule has 0 saturated heterocycles. The molecule has 0 fully saturated rings. The molecule has 6 heteroatoms. The molecule has 1 unspecified atom stereocenters. The van der Waals surface area contributed by atoms with E-state index in [-0.39, 0.29) is 29.0 Å². The fraction of sp³-hybridized carbons (Fsp3) is 0.462. The zero-order valence-corrected chi connectivity index (χ0v) is 11.3. The van der Waals surface area contributed by atoms with Gasteiger partial charge in [0.15, 0.2) is 0 Å². The van der Waals surface area contributed by atoms with Crippen molar-refractivity contribution in [3.05, 3.63) is 39.4 Å². The standard InChI is InChI=1S/C13H18N2O4/c1-9-4-5-11(8-12(9)15(17)18)10(2)14-7-6-13(16)19-3/h4-5,8,10,14H,6-7H2,1-3H3. The van der Waals surface area contributed by atoms with Gasteiger partial charge in [0.05, 0.1) is 18.5 Å². The van der Waals surface area contributed by atoms with Gasteiger partial charge in [-0.05, 0) is 19.4 Å². The van der Waals surface area contributed by atoms with Crippen molar-refractivity contribution < 1.29 is 14.5 Å². The van der Waals surface area contributed by atoms with Crippen LogP contribution in [0.2, 0.25) is 0 Å². The number of carbonyl (C=O) groups is 1. The normalized spacial score (nSPS) is 11.9. The van der Waals surface area contributed by atoms with Crippen LogP contribution in [0.15, 0.2) is 18.2 Å². The Bertz CT molecular complexity index is 474. The van der Waals surface area contributed by atoms with Gasteiger partial charge in [0.2, 0.25) is 0 Å². The molecule has 0 spiro atoms. The van der Waals surface area contributed by atoms with E-state index in [4.69, 9.17) is 0 Å². The van der Waals surface area contributed by atoms with Crippen LogP contribution < -0.4 is 5.32 Å². The highest BCUT2D eigenvalue weighted by Crippen LogP contribution is 2.23. The maximum absolute atomic E-state index is 11.0. The summed E-state index contributed by atoms with van der Waals surface area (Å²) in [5, 5.41) is 14.0. The smallest absolute Gasteiger partial charge is 0.306 e. The third kappa shape index (κ3) is 4.33. The number of rotatable bonds is 6. The Morgan fingerprint density at radius 1 is 1.53 bits per heavy atom. The summed E-state index contributed by atoms with van der Waals surface area (Å²) in [6, 6.07) is 5.07. The molecule has 0 amide bonds. The van der Waals surface area contributed by atoms with Gasteiger partial charge in [0, 0.05) is 24.2 Å². The van der Waals surface area contributed by atoms with E-state index < -0.39 is 0 Å². The van der Waals surface area contributed by atoms with Gasteiger partial charge < -0.3 is 10.1 Å². The van der Waals surface area contributed by atoms with Crippen molar-refractivity contribution in [1.82, 2.24) is 5.32 Å². The summed E-state index contributed by atoms with van der Waals surface area (Å²) in [6.07, 6.45) is 0.273. The number of nitro groups is 1. The van der Waals surface area contributed by atoms with Gasteiger partial charge in [-0.25, -0.2) is 0 Å². The number of hydrogen-bond acceptors (Lipinski definition) is 5. The number of methoxy groups -OCH3 is 1. The van der Waals surface area contributed by atoms with Crippen LogP contribution in [-0.2, 0) is 9.53 Å². The molecule has 0 aliphatic rings. The number of nitrogens with zero attached hydrogens (tertiary/aromatic N) is 1. The molecule has 1 rings (SSSR count). The van der Waals surface area contributed by atoms with E-state index in [0.29, 0.717) is 12.1 Å². The second kappa shape index (κ2) is 6.84. The summed E-state index contributed by atoms with van der Waals surface area (Å²) in [4.78, 5) is 21.4. The molecule has 0 radical (unpaired) electrons. The zero-order valence-electron chi connectivity index (χ0n) is 11.3. The number of aryl methyl sites for hydroxylation is 1. The quantitative estimate of drug-likeness (QED) is 0.484. The van der Waals surface area contributed by atoms with Gasteiger partial charge in [0.25, 0.3) is 5.69 Å². The monoisotopic (exact) mass is 266 g/mol. The first-order valence-electron chi connectivity index (χ1n) is 6.01. The molecule has 19 heavy (non-hydrogen) atoms. The molecule has 0 saturated carbocycles. The van der Waals surface area contributed by atoms with Crippen LogP contribution in [0.4, 0.5) is 5.69 Å². The van der Waals surface area contributed by atoms with Gasteiger partial charge in [-0.15, -0.1) is 0 Å². The van der Waals surface area contributed by atoms with E-state index in [0.717, 1.165) is 5.56 Å². The van der Waals surface area contributed by atoms with Crippen molar-refractivity contribution in [3.8, 4) is 0 Å². The predicted molar refractivity (Wildman–Crippen MR) is 70.9 cm³/mol. The maximum Gasteiger partial charge on any atom is 0.306 e. The van der Waals surface area contributed by atoms with E-state index in [9.17, 15) is 14.9 Å². The number of carbonyl (C=O) groups excluding carboxylic acids is 1. The molecule has 104 valence electrons. The summed E-state index contributed by atoms with van der Waals surface area (Å²) >= 11 is 0. The molecule has 6 nitrogen and oxygen atoms in total. The Morgan fingerprint density at radius 2 is 2.21 bits per heavy atom. The van der Waals surface area contributed by atoms with E-state index in [1.165, 1.54) is 7.11 Å². The van der Waals surface area contributed by atoms with Crippen LogP contribution in [0.3, 0.4) is 0 Å².